The minimum Gasteiger partial charge on any atom is -0.321 e. The van der Waals surface area contributed by atoms with Gasteiger partial charge in [-0.1, -0.05) is 34.1 Å². The summed E-state index contributed by atoms with van der Waals surface area (Å²) in [6.07, 6.45) is 3.80. The molecule has 1 heterocycles. The van der Waals surface area contributed by atoms with E-state index < -0.39 is 0 Å². The smallest absolute Gasteiger partial charge is 0.145 e. The Morgan fingerprint density at radius 3 is 2.60 bits per heavy atom. The van der Waals surface area contributed by atoms with Gasteiger partial charge in [-0.3, -0.25) is 0 Å². The van der Waals surface area contributed by atoms with Crippen LogP contribution in [0.2, 0.25) is 0 Å². The lowest BCUT2D eigenvalue weighted by Crippen LogP contribution is -2.19. The Labute approximate surface area is 92.1 Å². The van der Waals surface area contributed by atoms with Crippen molar-refractivity contribution in [2.75, 3.05) is 0 Å². The Hall–Kier alpha value is -0.960. The van der Waals surface area contributed by atoms with Crippen molar-refractivity contribution in [3.8, 4) is 0 Å². The topological polar surface area (TPSA) is 51.8 Å². The summed E-state index contributed by atoms with van der Waals surface area (Å²) in [5, 5.41) is 0. The molecule has 0 saturated heterocycles. The first-order valence-corrected chi connectivity index (χ1v) is 5.54. The quantitative estimate of drug-likeness (QED) is 0.828. The van der Waals surface area contributed by atoms with Gasteiger partial charge in [-0.25, -0.2) is 9.97 Å². The van der Waals surface area contributed by atoms with Crippen LogP contribution in [0.4, 0.5) is 0 Å². The molecule has 0 bridgehead atoms. The summed E-state index contributed by atoms with van der Waals surface area (Å²) in [4.78, 5) is 8.76. The Balaban J connectivity index is 2.92. The first-order valence-electron chi connectivity index (χ1n) is 5.54. The van der Waals surface area contributed by atoms with Gasteiger partial charge >= 0.3 is 0 Å². The van der Waals surface area contributed by atoms with Crippen LogP contribution < -0.4 is 5.73 Å². The summed E-state index contributed by atoms with van der Waals surface area (Å²) in [7, 11) is 0. The van der Waals surface area contributed by atoms with Gasteiger partial charge < -0.3 is 5.73 Å². The molecule has 3 heteroatoms. The fraction of sp³-hybridized carbons (Fsp3) is 0.667. The van der Waals surface area contributed by atoms with Gasteiger partial charge in [0.2, 0.25) is 0 Å². The standard InChI is InChI=1S/C12H21N3/c1-5-6-9(13)11-14-8-7-10(15-11)12(2,3)4/h7-9H,5-6,13H2,1-4H3. The lowest BCUT2D eigenvalue weighted by Gasteiger charge is -2.19. The van der Waals surface area contributed by atoms with Crippen molar-refractivity contribution in [3.05, 3.63) is 23.8 Å². The highest BCUT2D eigenvalue weighted by atomic mass is 14.9. The lowest BCUT2D eigenvalue weighted by molar-refractivity contribution is 0.542. The Morgan fingerprint density at radius 2 is 2.07 bits per heavy atom. The molecule has 0 aromatic carbocycles. The van der Waals surface area contributed by atoms with Gasteiger partial charge in [-0.2, -0.15) is 0 Å². The van der Waals surface area contributed by atoms with Crippen LogP contribution in [0.5, 0.6) is 0 Å². The Morgan fingerprint density at radius 1 is 1.40 bits per heavy atom. The van der Waals surface area contributed by atoms with E-state index in [0.29, 0.717) is 0 Å². The number of nitrogens with two attached hydrogens (primary N) is 1. The molecule has 3 nitrogen and oxygen atoms in total. The minimum absolute atomic E-state index is 0.0303. The second-order valence-electron chi connectivity index (χ2n) is 4.95. The third kappa shape index (κ3) is 3.27. The monoisotopic (exact) mass is 207 g/mol. The predicted octanol–water partition coefficient (Wildman–Crippen LogP) is 2.57. The number of aromatic nitrogens is 2. The molecular weight excluding hydrogens is 186 g/mol. The number of rotatable bonds is 3. The van der Waals surface area contributed by atoms with Crippen molar-refractivity contribution in [1.29, 1.82) is 0 Å². The van der Waals surface area contributed by atoms with Crippen molar-refractivity contribution in [2.24, 2.45) is 5.73 Å². The zero-order chi connectivity index (χ0) is 11.5. The summed E-state index contributed by atoms with van der Waals surface area (Å²) >= 11 is 0. The molecule has 0 spiro atoms. The second kappa shape index (κ2) is 4.71. The molecule has 0 fully saturated rings. The van der Waals surface area contributed by atoms with E-state index in [-0.39, 0.29) is 11.5 Å². The van der Waals surface area contributed by atoms with Crippen molar-refractivity contribution < 1.29 is 0 Å². The van der Waals surface area contributed by atoms with E-state index in [1.54, 1.807) is 6.20 Å². The third-order valence-electron chi connectivity index (χ3n) is 2.37. The van der Waals surface area contributed by atoms with E-state index in [2.05, 4.69) is 37.7 Å². The van der Waals surface area contributed by atoms with Gasteiger partial charge in [0.1, 0.15) is 5.82 Å². The zero-order valence-corrected chi connectivity index (χ0v) is 10.1. The van der Waals surface area contributed by atoms with E-state index in [1.165, 1.54) is 0 Å². The maximum Gasteiger partial charge on any atom is 0.145 e. The molecule has 1 unspecified atom stereocenters. The number of hydrogen-bond acceptors (Lipinski definition) is 3. The Kier molecular flexibility index (Phi) is 3.80. The minimum atomic E-state index is -0.0303. The van der Waals surface area contributed by atoms with Gasteiger partial charge in [0, 0.05) is 17.3 Å². The van der Waals surface area contributed by atoms with Crippen molar-refractivity contribution >= 4 is 0 Å². The van der Waals surface area contributed by atoms with Gasteiger partial charge in [0.25, 0.3) is 0 Å². The van der Waals surface area contributed by atoms with Gasteiger partial charge in [-0.15, -0.1) is 0 Å². The maximum absolute atomic E-state index is 5.99. The molecular formula is C12H21N3. The molecule has 84 valence electrons. The van der Waals surface area contributed by atoms with Gasteiger partial charge in [0.05, 0.1) is 6.04 Å². The van der Waals surface area contributed by atoms with Crippen LogP contribution in [0, 0.1) is 0 Å². The summed E-state index contributed by atoms with van der Waals surface area (Å²) in [6.45, 7) is 8.55. The summed E-state index contributed by atoms with van der Waals surface area (Å²) < 4.78 is 0. The van der Waals surface area contributed by atoms with E-state index in [4.69, 9.17) is 5.73 Å². The van der Waals surface area contributed by atoms with Gasteiger partial charge in [-0.05, 0) is 12.5 Å². The van der Waals surface area contributed by atoms with E-state index in [9.17, 15) is 0 Å². The largest absolute Gasteiger partial charge is 0.321 e. The molecule has 1 atom stereocenters. The molecule has 1 aromatic heterocycles. The summed E-state index contributed by atoms with van der Waals surface area (Å²) in [5.41, 5.74) is 7.11. The lowest BCUT2D eigenvalue weighted by atomic mass is 9.92. The molecule has 1 aromatic rings. The Bertz CT molecular complexity index is 315. The molecule has 15 heavy (non-hydrogen) atoms. The number of hydrogen-bond donors (Lipinski definition) is 1. The molecule has 0 aliphatic rings. The third-order valence-corrected chi connectivity index (χ3v) is 2.37. The average Bonchev–Trinajstić information content (AvgIpc) is 2.17. The fourth-order valence-corrected chi connectivity index (χ4v) is 1.41. The SMILES string of the molecule is CCCC(N)c1nccc(C(C)(C)C)n1. The van der Waals surface area contributed by atoms with Crippen LogP contribution >= 0.6 is 0 Å². The molecule has 0 amide bonds. The van der Waals surface area contributed by atoms with Crippen LogP contribution in [0.1, 0.15) is 58.1 Å². The average molecular weight is 207 g/mol. The molecule has 0 aliphatic carbocycles. The van der Waals surface area contributed by atoms with E-state index in [1.807, 2.05) is 6.07 Å². The van der Waals surface area contributed by atoms with Crippen molar-refractivity contribution in [2.45, 2.75) is 52.0 Å². The van der Waals surface area contributed by atoms with E-state index >= 15 is 0 Å². The first kappa shape index (κ1) is 12.1. The molecule has 2 N–H and O–H groups in total. The molecule has 0 radical (unpaired) electrons. The molecule has 1 rings (SSSR count). The number of nitrogens with zero attached hydrogens (tertiary/aromatic N) is 2. The van der Waals surface area contributed by atoms with Crippen molar-refractivity contribution in [1.82, 2.24) is 9.97 Å². The van der Waals surface area contributed by atoms with Crippen LogP contribution in [0.15, 0.2) is 12.3 Å². The predicted molar refractivity (Wildman–Crippen MR) is 62.6 cm³/mol. The van der Waals surface area contributed by atoms with Gasteiger partial charge in [0.15, 0.2) is 0 Å². The molecule has 0 aliphatic heterocycles. The summed E-state index contributed by atoms with van der Waals surface area (Å²) in [5.74, 6) is 0.768. The highest BCUT2D eigenvalue weighted by Gasteiger charge is 2.17. The van der Waals surface area contributed by atoms with Crippen molar-refractivity contribution in [3.63, 3.8) is 0 Å². The van der Waals surface area contributed by atoms with Crippen LogP contribution in [-0.4, -0.2) is 9.97 Å². The van der Waals surface area contributed by atoms with Crippen LogP contribution in [0.25, 0.3) is 0 Å². The zero-order valence-electron chi connectivity index (χ0n) is 10.1. The highest BCUT2D eigenvalue weighted by molar-refractivity contribution is 5.13. The van der Waals surface area contributed by atoms with Crippen LogP contribution in [-0.2, 0) is 5.41 Å². The summed E-state index contributed by atoms with van der Waals surface area (Å²) in [6, 6.07) is 1.93. The van der Waals surface area contributed by atoms with E-state index in [0.717, 1.165) is 24.4 Å². The molecule has 0 saturated carbocycles. The van der Waals surface area contributed by atoms with Crippen LogP contribution in [0.3, 0.4) is 0 Å². The fourth-order valence-electron chi connectivity index (χ4n) is 1.41. The second-order valence-corrected chi connectivity index (χ2v) is 4.95. The first-order chi connectivity index (χ1) is 6.95. The normalized spacial score (nSPS) is 13.9. The maximum atomic E-state index is 5.99. The highest BCUT2D eigenvalue weighted by Crippen LogP contribution is 2.21.